The molecule has 2 rings (SSSR count). The fourth-order valence-corrected chi connectivity index (χ4v) is 2.58. The molecular weight excluding hydrogens is 356 g/mol. The van der Waals surface area contributed by atoms with E-state index in [2.05, 4.69) is 21.2 Å². The SMILES string of the molecule is COC(=O)/C=C/CCNC(=O)c1cn(CCC#N)nc1-c1ccc(C)c(C)c1. The van der Waals surface area contributed by atoms with Crippen LogP contribution in [0.2, 0.25) is 0 Å². The molecule has 146 valence electrons. The Kier molecular flexibility index (Phi) is 7.52. The summed E-state index contributed by atoms with van der Waals surface area (Å²) in [6, 6.07) is 8.03. The largest absolute Gasteiger partial charge is 0.466 e. The number of nitrogens with zero attached hydrogens (tertiary/aromatic N) is 3. The summed E-state index contributed by atoms with van der Waals surface area (Å²) < 4.78 is 6.14. The van der Waals surface area contributed by atoms with Gasteiger partial charge in [-0.25, -0.2) is 4.79 Å². The van der Waals surface area contributed by atoms with E-state index in [4.69, 9.17) is 5.26 Å². The second-order valence-electron chi connectivity index (χ2n) is 6.33. The Balaban J connectivity index is 2.18. The van der Waals surface area contributed by atoms with Gasteiger partial charge in [0.15, 0.2) is 0 Å². The van der Waals surface area contributed by atoms with E-state index >= 15 is 0 Å². The highest BCUT2D eigenvalue weighted by Gasteiger charge is 2.18. The van der Waals surface area contributed by atoms with Crippen molar-refractivity contribution in [2.75, 3.05) is 13.7 Å². The number of methoxy groups -OCH3 is 1. The summed E-state index contributed by atoms with van der Waals surface area (Å²) >= 11 is 0. The van der Waals surface area contributed by atoms with Gasteiger partial charge in [-0.1, -0.05) is 18.2 Å². The summed E-state index contributed by atoms with van der Waals surface area (Å²) in [6.07, 6.45) is 5.45. The zero-order valence-electron chi connectivity index (χ0n) is 16.4. The Hall–Kier alpha value is -3.40. The predicted molar refractivity (Wildman–Crippen MR) is 105 cm³/mol. The van der Waals surface area contributed by atoms with E-state index in [1.807, 2.05) is 32.0 Å². The lowest BCUT2D eigenvalue weighted by Crippen LogP contribution is -2.24. The first-order valence-electron chi connectivity index (χ1n) is 9.01. The minimum Gasteiger partial charge on any atom is -0.466 e. The van der Waals surface area contributed by atoms with Crippen LogP contribution in [0.1, 0.15) is 34.3 Å². The monoisotopic (exact) mass is 380 g/mol. The van der Waals surface area contributed by atoms with Crippen molar-refractivity contribution in [3.8, 4) is 17.3 Å². The zero-order valence-corrected chi connectivity index (χ0v) is 16.4. The highest BCUT2D eigenvalue weighted by atomic mass is 16.5. The lowest BCUT2D eigenvalue weighted by Gasteiger charge is -2.06. The Labute approximate surface area is 164 Å². The maximum absolute atomic E-state index is 12.7. The van der Waals surface area contributed by atoms with Gasteiger partial charge in [-0.15, -0.1) is 0 Å². The minimum absolute atomic E-state index is 0.247. The molecule has 0 aliphatic rings. The molecule has 1 heterocycles. The lowest BCUT2D eigenvalue weighted by atomic mass is 10.0. The van der Waals surface area contributed by atoms with E-state index in [1.54, 1.807) is 17.0 Å². The van der Waals surface area contributed by atoms with Crippen molar-refractivity contribution in [3.63, 3.8) is 0 Å². The third-order valence-electron chi connectivity index (χ3n) is 4.29. The first-order valence-corrected chi connectivity index (χ1v) is 9.01. The van der Waals surface area contributed by atoms with E-state index in [-0.39, 0.29) is 5.91 Å². The highest BCUT2D eigenvalue weighted by Crippen LogP contribution is 2.24. The molecule has 0 aliphatic heterocycles. The first-order chi connectivity index (χ1) is 13.5. The fourth-order valence-electron chi connectivity index (χ4n) is 2.58. The second-order valence-corrected chi connectivity index (χ2v) is 6.33. The van der Waals surface area contributed by atoms with Gasteiger partial charge in [-0.3, -0.25) is 9.48 Å². The number of aryl methyl sites for hydroxylation is 3. The van der Waals surface area contributed by atoms with Crippen LogP contribution in [0.3, 0.4) is 0 Å². The Morgan fingerprint density at radius 1 is 1.32 bits per heavy atom. The van der Waals surface area contributed by atoms with E-state index in [9.17, 15) is 9.59 Å². The van der Waals surface area contributed by atoms with Crippen molar-refractivity contribution >= 4 is 11.9 Å². The van der Waals surface area contributed by atoms with Crippen LogP contribution in [0.15, 0.2) is 36.5 Å². The molecule has 1 N–H and O–H groups in total. The average Bonchev–Trinajstić information content (AvgIpc) is 3.12. The molecule has 0 spiro atoms. The van der Waals surface area contributed by atoms with Crippen molar-refractivity contribution < 1.29 is 14.3 Å². The maximum atomic E-state index is 12.7. The van der Waals surface area contributed by atoms with Crippen LogP contribution in [-0.2, 0) is 16.1 Å². The first kappa shape index (κ1) is 20.9. The number of nitrogens with one attached hydrogen (secondary N) is 1. The third-order valence-corrected chi connectivity index (χ3v) is 4.29. The Morgan fingerprint density at radius 2 is 2.11 bits per heavy atom. The quantitative estimate of drug-likeness (QED) is 0.431. The number of esters is 1. The molecule has 0 saturated carbocycles. The van der Waals surface area contributed by atoms with Crippen LogP contribution in [-0.4, -0.2) is 35.3 Å². The van der Waals surface area contributed by atoms with Crippen molar-refractivity contribution in [2.24, 2.45) is 0 Å². The lowest BCUT2D eigenvalue weighted by molar-refractivity contribution is -0.134. The molecule has 0 unspecified atom stereocenters. The topological polar surface area (TPSA) is 97.0 Å². The molecule has 28 heavy (non-hydrogen) atoms. The number of rotatable bonds is 8. The van der Waals surface area contributed by atoms with E-state index in [1.165, 1.54) is 13.2 Å². The molecule has 1 amide bonds. The van der Waals surface area contributed by atoms with Gasteiger partial charge in [0, 0.05) is 24.4 Å². The summed E-state index contributed by atoms with van der Waals surface area (Å²) in [4.78, 5) is 23.7. The van der Waals surface area contributed by atoms with Gasteiger partial charge in [0.05, 0.1) is 31.7 Å². The molecule has 7 heteroatoms. The van der Waals surface area contributed by atoms with Crippen LogP contribution < -0.4 is 5.32 Å². The normalized spacial score (nSPS) is 10.6. The van der Waals surface area contributed by atoms with Crippen molar-refractivity contribution in [2.45, 2.75) is 33.2 Å². The van der Waals surface area contributed by atoms with Gasteiger partial charge in [0.1, 0.15) is 5.69 Å². The summed E-state index contributed by atoms with van der Waals surface area (Å²) in [5, 5.41) is 16.2. The van der Waals surface area contributed by atoms with Gasteiger partial charge >= 0.3 is 5.97 Å². The molecule has 0 aliphatic carbocycles. The molecule has 0 radical (unpaired) electrons. The number of amides is 1. The van der Waals surface area contributed by atoms with Crippen molar-refractivity contribution in [1.82, 2.24) is 15.1 Å². The molecule has 0 bridgehead atoms. The van der Waals surface area contributed by atoms with Gasteiger partial charge in [0.2, 0.25) is 0 Å². The Morgan fingerprint density at radius 3 is 2.79 bits per heavy atom. The number of benzene rings is 1. The van der Waals surface area contributed by atoms with Crippen LogP contribution in [0.5, 0.6) is 0 Å². The number of ether oxygens (including phenoxy) is 1. The van der Waals surface area contributed by atoms with Crippen LogP contribution in [0, 0.1) is 25.2 Å². The molecule has 0 saturated heterocycles. The van der Waals surface area contributed by atoms with Crippen molar-refractivity contribution in [3.05, 3.63) is 53.2 Å². The third kappa shape index (κ3) is 5.55. The second kappa shape index (κ2) is 10.1. The van der Waals surface area contributed by atoms with E-state index in [0.717, 1.165) is 16.7 Å². The fraction of sp³-hybridized carbons (Fsp3) is 0.333. The highest BCUT2D eigenvalue weighted by molar-refractivity contribution is 5.99. The summed E-state index contributed by atoms with van der Waals surface area (Å²) in [7, 11) is 1.31. The molecule has 2 aromatic rings. The average molecular weight is 380 g/mol. The maximum Gasteiger partial charge on any atom is 0.330 e. The van der Waals surface area contributed by atoms with E-state index < -0.39 is 5.97 Å². The van der Waals surface area contributed by atoms with Gasteiger partial charge in [-0.2, -0.15) is 10.4 Å². The number of aromatic nitrogens is 2. The number of carbonyl (C=O) groups excluding carboxylic acids is 2. The molecule has 1 aromatic heterocycles. The molecule has 7 nitrogen and oxygen atoms in total. The minimum atomic E-state index is -0.429. The molecular formula is C21H24N4O3. The van der Waals surface area contributed by atoms with Crippen LogP contribution in [0.25, 0.3) is 11.3 Å². The molecule has 1 aromatic carbocycles. The van der Waals surface area contributed by atoms with Crippen LogP contribution >= 0.6 is 0 Å². The number of hydrogen-bond donors (Lipinski definition) is 1. The smallest absolute Gasteiger partial charge is 0.330 e. The zero-order chi connectivity index (χ0) is 20.5. The van der Waals surface area contributed by atoms with E-state index in [0.29, 0.717) is 37.2 Å². The number of nitriles is 1. The molecule has 0 atom stereocenters. The number of hydrogen-bond acceptors (Lipinski definition) is 5. The van der Waals surface area contributed by atoms with Gasteiger partial charge in [-0.05, 0) is 37.5 Å². The number of carbonyl (C=O) groups is 2. The van der Waals surface area contributed by atoms with Gasteiger partial charge < -0.3 is 10.1 Å². The predicted octanol–water partition coefficient (Wildman–Crippen LogP) is 2.93. The van der Waals surface area contributed by atoms with Crippen molar-refractivity contribution in [1.29, 1.82) is 5.26 Å². The summed E-state index contributed by atoms with van der Waals surface area (Å²) in [5.74, 6) is -0.676. The summed E-state index contributed by atoms with van der Waals surface area (Å²) in [5.41, 5.74) is 4.18. The van der Waals surface area contributed by atoms with Crippen LogP contribution in [0.4, 0.5) is 0 Å². The Bertz CT molecular complexity index is 922. The van der Waals surface area contributed by atoms with Gasteiger partial charge in [0.25, 0.3) is 5.91 Å². The molecule has 0 fully saturated rings. The standard InChI is InChI=1S/C21H24N4O3/c1-15-8-9-17(13-16(15)2)20-18(14-25(24-20)12-6-10-22)21(27)23-11-5-4-7-19(26)28-3/h4,7-9,13-14H,5-6,11-12H2,1-3H3,(H,23,27)/b7-4+. The summed E-state index contributed by atoms with van der Waals surface area (Å²) in [6.45, 7) is 4.84.